The average Bonchev–Trinajstić information content (AvgIpc) is 2.87. The van der Waals surface area contributed by atoms with Gasteiger partial charge in [0.1, 0.15) is 0 Å². The quantitative estimate of drug-likeness (QED) is 0.788. The van der Waals surface area contributed by atoms with Gasteiger partial charge in [-0.2, -0.15) is 0 Å². The lowest BCUT2D eigenvalue weighted by Crippen LogP contribution is -2.45. The van der Waals surface area contributed by atoms with Crippen molar-refractivity contribution in [1.82, 2.24) is 9.88 Å². The van der Waals surface area contributed by atoms with Crippen molar-refractivity contribution in [2.24, 2.45) is 0 Å². The number of benzene rings is 1. The lowest BCUT2D eigenvalue weighted by molar-refractivity contribution is -0.144. The molecule has 2 amide bonds. The number of H-pyrrole nitrogens is 1. The molecule has 6 heteroatoms. The highest BCUT2D eigenvalue weighted by molar-refractivity contribution is 6.39. The standard InChI is InChI=1S/C16H19N3O3/c1-11-5-8-22-9-7-19(11)16(21)15(20)18-13-2-3-14-12(10-13)4-6-17-14/h2-4,6,10-11,17H,5,7-9H2,1H3,(H,18,20). The fourth-order valence-electron chi connectivity index (χ4n) is 2.64. The van der Waals surface area contributed by atoms with Gasteiger partial charge in [0.05, 0.1) is 6.61 Å². The molecule has 1 unspecified atom stereocenters. The normalized spacial score (nSPS) is 19.0. The second kappa shape index (κ2) is 6.19. The number of aromatic nitrogens is 1. The van der Waals surface area contributed by atoms with Gasteiger partial charge in [0.25, 0.3) is 0 Å². The molecule has 1 saturated heterocycles. The molecule has 0 bridgehead atoms. The maximum atomic E-state index is 12.3. The molecule has 1 aliphatic heterocycles. The first kappa shape index (κ1) is 14.6. The van der Waals surface area contributed by atoms with E-state index in [0.717, 1.165) is 17.3 Å². The number of anilines is 1. The predicted octanol–water partition coefficient (Wildman–Crippen LogP) is 1.74. The maximum absolute atomic E-state index is 12.3. The molecule has 1 aliphatic rings. The molecule has 116 valence electrons. The summed E-state index contributed by atoms with van der Waals surface area (Å²) in [6.07, 6.45) is 2.58. The third-order valence-electron chi connectivity index (χ3n) is 3.95. The minimum Gasteiger partial charge on any atom is -0.380 e. The molecule has 2 N–H and O–H groups in total. The summed E-state index contributed by atoms with van der Waals surface area (Å²) in [5.41, 5.74) is 1.60. The largest absolute Gasteiger partial charge is 0.380 e. The van der Waals surface area contributed by atoms with Gasteiger partial charge in [-0.3, -0.25) is 9.59 Å². The highest BCUT2D eigenvalue weighted by atomic mass is 16.5. The van der Waals surface area contributed by atoms with Gasteiger partial charge in [0.2, 0.25) is 0 Å². The monoisotopic (exact) mass is 301 g/mol. The van der Waals surface area contributed by atoms with Gasteiger partial charge < -0.3 is 19.9 Å². The fourth-order valence-corrected chi connectivity index (χ4v) is 2.64. The summed E-state index contributed by atoms with van der Waals surface area (Å²) in [6.45, 7) is 3.48. The Balaban J connectivity index is 1.71. The summed E-state index contributed by atoms with van der Waals surface area (Å²) in [5, 5.41) is 3.66. The second-order valence-corrected chi connectivity index (χ2v) is 5.48. The van der Waals surface area contributed by atoms with E-state index in [1.165, 1.54) is 0 Å². The molecule has 2 aromatic rings. The zero-order chi connectivity index (χ0) is 15.5. The first-order chi connectivity index (χ1) is 10.6. The van der Waals surface area contributed by atoms with Crippen molar-refractivity contribution in [2.75, 3.05) is 25.1 Å². The number of carbonyl (C=O) groups excluding carboxylic acids is 2. The SMILES string of the molecule is CC1CCOCCN1C(=O)C(=O)Nc1ccc2[nH]ccc2c1. The molecule has 22 heavy (non-hydrogen) atoms. The Morgan fingerprint density at radius 2 is 2.18 bits per heavy atom. The molecule has 0 aliphatic carbocycles. The first-order valence-electron chi connectivity index (χ1n) is 7.42. The van der Waals surface area contributed by atoms with E-state index in [2.05, 4.69) is 10.3 Å². The minimum absolute atomic E-state index is 0.00732. The maximum Gasteiger partial charge on any atom is 0.313 e. The number of hydrogen-bond donors (Lipinski definition) is 2. The number of amides is 2. The van der Waals surface area contributed by atoms with Crippen LogP contribution in [0.15, 0.2) is 30.5 Å². The number of carbonyl (C=O) groups is 2. The van der Waals surface area contributed by atoms with Crippen molar-refractivity contribution >= 4 is 28.4 Å². The molecular formula is C16H19N3O3. The van der Waals surface area contributed by atoms with E-state index in [-0.39, 0.29) is 6.04 Å². The van der Waals surface area contributed by atoms with Crippen molar-refractivity contribution in [3.05, 3.63) is 30.5 Å². The van der Waals surface area contributed by atoms with E-state index >= 15 is 0 Å². The summed E-state index contributed by atoms with van der Waals surface area (Å²) < 4.78 is 5.35. The number of ether oxygens (including phenoxy) is 1. The number of hydrogen-bond acceptors (Lipinski definition) is 3. The average molecular weight is 301 g/mol. The van der Waals surface area contributed by atoms with Crippen molar-refractivity contribution in [3.63, 3.8) is 0 Å². The topological polar surface area (TPSA) is 74.4 Å². The van der Waals surface area contributed by atoms with E-state index in [0.29, 0.717) is 25.4 Å². The summed E-state index contributed by atoms with van der Waals surface area (Å²) in [7, 11) is 0. The van der Waals surface area contributed by atoms with E-state index in [1.54, 1.807) is 11.0 Å². The number of nitrogens with zero attached hydrogens (tertiary/aromatic N) is 1. The molecule has 6 nitrogen and oxygen atoms in total. The zero-order valence-corrected chi connectivity index (χ0v) is 12.5. The third kappa shape index (κ3) is 2.96. The smallest absolute Gasteiger partial charge is 0.313 e. The van der Waals surface area contributed by atoms with Crippen LogP contribution in [0.3, 0.4) is 0 Å². The second-order valence-electron chi connectivity index (χ2n) is 5.48. The van der Waals surface area contributed by atoms with E-state index in [9.17, 15) is 9.59 Å². The van der Waals surface area contributed by atoms with Crippen LogP contribution in [0.25, 0.3) is 10.9 Å². The Morgan fingerprint density at radius 3 is 3.05 bits per heavy atom. The van der Waals surface area contributed by atoms with Gasteiger partial charge >= 0.3 is 11.8 Å². The van der Waals surface area contributed by atoms with Crippen molar-refractivity contribution in [3.8, 4) is 0 Å². The van der Waals surface area contributed by atoms with Crippen molar-refractivity contribution < 1.29 is 14.3 Å². The van der Waals surface area contributed by atoms with Gasteiger partial charge in [-0.15, -0.1) is 0 Å². The van der Waals surface area contributed by atoms with Gasteiger partial charge in [0.15, 0.2) is 0 Å². The van der Waals surface area contributed by atoms with E-state index < -0.39 is 11.8 Å². The van der Waals surface area contributed by atoms with Gasteiger partial charge in [0, 0.05) is 42.0 Å². The van der Waals surface area contributed by atoms with Crippen LogP contribution in [0, 0.1) is 0 Å². The Hall–Kier alpha value is -2.34. The summed E-state index contributed by atoms with van der Waals surface area (Å²) >= 11 is 0. The number of fused-ring (bicyclic) bond motifs is 1. The molecule has 1 aromatic carbocycles. The van der Waals surface area contributed by atoms with Crippen molar-refractivity contribution in [2.45, 2.75) is 19.4 Å². The molecule has 3 rings (SSSR count). The Bertz CT molecular complexity index is 695. The van der Waals surface area contributed by atoms with Crippen LogP contribution in [-0.2, 0) is 14.3 Å². The third-order valence-corrected chi connectivity index (χ3v) is 3.95. The number of aromatic amines is 1. The summed E-state index contributed by atoms with van der Waals surface area (Å²) in [6, 6.07) is 7.41. The van der Waals surface area contributed by atoms with Crippen LogP contribution in [-0.4, -0.2) is 47.5 Å². The number of rotatable bonds is 1. The predicted molar refractivity (Wildman–Crippen MR) is 83.5 cm³/mol. The Morgan fingerprint density at radius 1 is 1.32 bits per heavy atom. The van der Waals surface area contributed by atoms with Crippen LogP contribution in [0.1, 0.15) is 13.3 Å². The van der Waals surface area contributed by atoms with Crippen molar-refractivity contribution in [1.29, 1.82) is 0 Å². The molecule has 0 spiro atoms. The Kier molecular flexibility index (Phi) is 4.11. The Labute approximate surface area is 128 Å². The van der Waals surface area contributed by atoms with Crippen LogP contribution in [0.4, 0.5) is 5.69 Å². The minimum atomic E-state index is -0.608. The number of nitrogens with one attached hydrogen (secondary N) is 2. The molecule has 0 saturated carbocycles. The van der Waals surface area contributed by atoms with Crippen LogP contribution < -0.4 is 5.32 Å². The van der Waals surface area contributed by atoms with E-state index in [4.69, 9.17) is 4.74 Å². The summed E-state index contributed by atoms with van der Waals surface area (Å²) in [4.78, 5) is 29.2. The van der Waals surface area contributed by atoms with Crippen LogP contribution in [0.2, 0.25) is 0 Å². The molecule has 2 heterocycles. The molecular weight excluding hydrogens is 282 g/mol. The van der Waals surface area contributed by atoms with Gasteiger partial charge in [-0.1, -0.05) is 0 Å². The first-order valence-corrected chi connectivity index (χ1v) is 7.42. The van der Waals surface area contributed by atoms with Crippen LogP contribution in [0.5, 0.6) is 0 Å². The van der Waals surface area contributed by atoms with E-state index in [1.807, 2.05) is 31.3 Å². The molecule has 1 atom stereocenters. The summed E-state index contributed by atoms with van der Waals surface area (Å²) in [5.74, 6) is -1.11. The fraction of sp³-hybridized carbons (Fsp3) is 0.375. The van der Waals surface area contributed by atoms with Crippen LogP contribution >= 0.6 is 0 Å². The molecule has 1 aromatic heterocycles. The highest BCUT2D eigenvalue weighted by Gasteiger charge is 2.27. The molecule has 1 fully saturated rings. The zero-order valence-electron chi connectivity index (χ0n) is 12.5. The highest BCUT2D eigenvalue weighted by Crippen LogP contribution is 2.18. The lowest BCUT2D eigenvalue weighted by atomic mass is 10.2. The van der Waals surface area contributed by atoms with Gasteiger partial charge in [-0.05, 0) is 37.6 Å². The molecule has 0 radical (unpaired) electrons. The lowest BCUT2D eigenvalue weighted by Gasteiger charge is -2.25. The van der Waals surface area contributed by atoms with Gasteiger partial charge in [-0.25, -0.2) is 0 Å².